The van der Waals surface area contributed by atoms with Gasteiger partial charge in [0.1, 0.15) is 11.9 Å². The molecule has 0 radical (unpaired) electrons. The molecule has 0 saturated carbocycles. The minimum Gasteiger partial charge on any atom is -0.394 e. The molecule has 2 heterocycles. The van der Waals surface area contributed by atoms with Gasteiger partial charge in [0.15, 0.2) is 5.82 Å². The topological polar surface area (TPSA) is 98.7 Å². The lowest BCUT2D eigenvalue weighted by molar-refractivity contribution is -0.138. The number of aliphatic hydroxyl groups excluding tert-OH is 1. The third kappa shape index (κ3) is 4.12. The number of hydrogen-bond acceptors (Lipinski definition) is 6. The van der Waals surface area contributed by atoms with E-state index in [0.717, 1.165) is 22.6 Å². The van der Waals surface area contributed by atoms with Crippen LogP contribution in [0.1, 0.15) is 18.2 Å². The van der Waals surface area contributed by atoms with Crippen molar-refractivity contribution in [3.63, 3.8) is 0 Å². The highest BCUT2D eigenvalue weighted by molar-refractivity contribution is 5.87. The zero-order valence-corrected chi connectivity index (χ0v) is 16.3. The number of rotatable bonds is 5. The van der Waals surface area contributed by atoms with Gasteiger partial charge < -0.3 is 20.2 Å². The summed E-state index contributed by atoms with van der Waals surface area (Å²) in [5.74, 6) is 0.789. The van der Waals surface area contributed by atoms with E-state index in [1.807, 2.05) is 49.3 Å². The van der Waals surface area contributed by atoms with Crippen molar-refractivity contribution in [3.8, 4) is 11.4 Å². The Labute approximate surface area is 164 Å². The summed E-state index contributed by atoms with van der Waals surface area (Å²) in [6.07, 6.45) is 0.613. The molecular weight excluding hydrogens is 358 g/mol. The van der Waals surface area contributed by atoms with Crippen LogP contribution >= 0.6 is 0 Å². The molecule has 8 heteroatoms. The van der Waals surface area contributed by atoms with Gasteiger partial charge in [-0.05, 0) is 6.42 Å². The standard InChI is InChI=1S/C20H25N5O3/c1-13(27)21-17(12-26)20(28)25-10-9-15-16(11-25)22-18(23-19(15)24(2)3)14-7-5-4-6-8-14/h4-8,17,26H,9-12H2,1-3H3,(H,21,27)/t17-/m1/s1. The average Bonchev–Trinajstić information content (AvgIpc) is 2.70. The van der Waals surface area contributed by atoms with Crippen molar-refractivity contribution in [2.24, 2.45) is 0 Å². The number of nitrogens with one attached hydrogen (secondary N) is 1. The first-order chi connectivity index (χ1) is 13.4. The van der Waals surface area contributed by atoms with E-state index < -0.39 is 12.6 Å². The summed E-state index contributed by atoms with van der Waals surface area (Å²) in [4.78, 5) is 37.1. The molecule has 0 aliphatic carbocycles. The van der Waals surface area contributed by atoms with Crippen molar-refractivity contribution in [2.45, 2.75) is 25.9 Å². The maximum Gasteiger partial charge on any atom is 0.247 e. The summed E-state index contributed by atoms with van der Waals surface area (Å²) in [6, 6.07) is 8.76. The van der Waals surface area contributed by atoms with Crippen LogP contribution in [0.25, 0.3) is 11.4 Å². The third-order valence-electron chi connectivity index (χ3n) is 4.67. The van der Waals surface area contributed by atoms with E-state index in [4.69, 9.17) is 9.97 Å². The van der Waals surface area contributed by atoms with Crippen LogP contribution in [0.2, 0.25) is 0 Å². The zero-order chi connectivity index (χ0) is 20.3. The highest BCUT2D eigenvalue weighted by Crippen LogP contribution is 2.28. The molecule has 28 heavy (non-hydrogen) atoms. The first kappa shape index (κ1) is 19.8. The van der Waals surface area contributed by atoms with E-state index >= 15 is 0 Å². The van der Waals surface area contributed by atoms with Crippen LogP contribution in [0, 0.1) is 0 Å². The maximum atomic E-state index is 12.7. The smallest absolute Gasteiger partial charge is 0.247 e. The van der Waals surface area contributed by atoms with Gasteiger partial charge in [-0.25, -0.2) is 9.97 Å². The highest BCUT2D eigenvalue weighted by atomic mass is 16.3. The van der Waals surface area contributed by atoms with Gasteiger partial charge >= 0.3 is 0 Å². The number of carbonyl (C=O) groups excluding carboxylic acids is 2. The predicted molar refractivity (Wildman–Crippen MR) is 106 cm³/mol. The van der Waals surface area contributed by atoms with Crippen LogP contribution in [0.15, 0.2) is 30.3 Å². The predicted octanol–water partition coefficient (Wildman–Crippen LogP) is 0.591. The fraction of sp³-hybridized carbons (Fsp3) is 0.400. The van der Waals surface area contributed by atoms with Crippen LogP contribution < -0.4 is 10.2 Å². The number of aromatic nitrogens is 2. The average molecular weight is 383 g/mol. The number of anilines is 1. The van der Waals surface area contributed by atoms with Crippen molar-refractivity contribution < 1.29 is 14.7 Å². The Morgan fingerprint density at radius 3 is 2.57 bits per heavy atom. The van der Waals surface area contributed by atoms with Crippen LogP contribution in [-0.4, -0.2) is 65.1 Å². The molecule has 0 unspecified atom stereocenters. The second-order valence-electron chi connectivity index (χ2n) is 7.00. The summed E-state index contributed by atoms with van der Waals surface area (Å²) in [7, 11) is 3.88. The van der Waals surface area contributed by atoms with Gasteiger partial charge in [-0.15, -0.1) is 0 Å². The molecule has 1 atom stereocenters. The largest absolute Gasteiger partial charge is 0.394 e. The van der Waals surface area contributed by atoms with Gasteiger partial charge in [-0.1, -0.05) is 30.3 Å². The number of benzene rings is 1. The van der Waals surface area contributed by atoms with Crippen LogP contribution in [0.5, 0.6) is 0 Å². The lowest BCUT2D eigenvalue weighted by Crippen LogP contribution is -2.51. The number of amides is 2. The van der Waals surface area contributed by atoms with Gasteiger partial charge in [-0.2, -0.15) is 0 Å². The van der Waals surface area contributed by atoms with E-state index in [1.165, 1.54) is 6.92 Å². The number of carbonyl (C=O) groups is 2. The summed E-state index contributed by atoms with van der Waals surface area (Å²) in [5, 5.41) is 12.0. The van der Waals surface area contributed by atoms with E-state index in [9.17, 15) is 14.7 Å². The van der Waals surface area contributed by atoms with E-state index in [0.29, 0.717) is 25.3 Å². The molecule has 1 aromatic carbocycles. The Kier molecular flexibility index (Phi) is 5.89. The highest BCUT2D eigenvalue weighted by Gasteiger charge is 2.30. The summed E-state index contributed by atoms with van der Waals surface area (Å²) in [5.41, 5.74) is 2.72. The van der Waals surface area contributed by atoms with E-state index in [2.05, 4.69) is 5.32 Å². The Hall–Kier alpha value is -3.00. The maximum absolute atomic E-state index is 12.7. The van der Waals surface area contributed by atoms with Gasteiger partial charge in [-0.3, -0.25) is 9.59 Å². The summed E-state index contributed by atoms with van der Waals surface area (Å²) in [6.45, 7) is 1.68. The molecule has 2 aromatic rings. The second kappa shape index (κ2) is 8.35. The molecule has 1 aliphatic heterocycles. The first-order valence-electron chi connectivity index (χ1n) is 9.20. The van der Waals surface area contributed by atoms with Crippen LogP contribution in [0.4, 0.5) is 5.82 Å². The summed E-state index contributed by atoms with van der Waals surface area (Å²) < 4.78 is 0. The number of nitrogens with zero attached hydrogens (tertiary/aromatic N) is 4. The summed E-state index contributed by atoms with van der Waals surface area (Å²) >= 11 is 0. The third-order valence-corrected chi connectivity index (χ3v) is 4.67. The second-order valence-corrected chi connectivity index (χ2v) is 7.00. The normalized spacial score (nSPS) is 14.2. The number of hydrogen-bond donors (Lipinski definition) is 2. The molecule has 148 valence electrons. The Morgan fingerprint density at radius 1 is 1.25 bits per heavy atom. The number of fused-ring (bicyclic) bond motifs is 1. The quantitative estimate of drug-likeness (QED) is 0.784. The molecule has 3 rings (SSSR count). The zero-order valence-electron chi connectivity index (χ0n) is 16.3. The van der Waals surface area contributed by atoms with Crippen molar-refractivity contribution in [1.82, 2.24) is 20.2 Å². The molecule has 2 amide bonds. The SMILES string of the molecule is CC(=O)N[C@H](CO)C(=O)N1CCc2c(nc(-c3ccccc3)nc2N(C)C)C1. The van der Waals surface area contributed by atoms with Crippen molar-refractivity contribution >= 4 is 17.6 Å². The Balaban J connectivity index is 1.94. The van der Waals surface area contributed by atoms with Crippen LogP contribution in [0.3, 0.4) is 0 Å². The molecule has 0 bridgehead atoms. The fourth-order valence-corrected chi connectivity index (χ4v) is 3.34. The molecule has 1 aromatic heterocycles. The molecule has 0 saturated heterocycles. The minimum absolute atomic E-state index is 0.311. The lowest BCUT2D eigenvalue weighted by Gasteiger charge is -2.32. The molecule has 2 N–H and O–H groups in total. The molecule has 0 spiro atoms. The fourth-order valence-electron chi connectivity index (χ4n) is 3.34. The first-order valence-corrected chi connectivity index (χ1v) is 9.20. The van der Waals surface area contributed by atoms with Gasteiger partial charge in [0.25, 0.3) is 0 Å². The minimum atomic E-state index is -0.942. The van der Waals surface area contributed by atoms with Crippen molar-refractivity contribution in [1.29, 1.82) is 0 Å². The molecule has 1 aliphatic rings. The van der Waals surface area contributed by atoms with Gasteiger partial charge in [0.05, 0.1) is 18.8 Å². The Bertz CT molecular complexity index is 870. The molecular formula is C20H25N5O3. The Morgan fingerprint density at radius 2 is 1.96 bits per heavy atom. The van der Waals surface area contributed by atoms with Crippen molar-refractivity contribution in [2.75, 3.05) is 32.1 Å². The lowest BCUT2D eigenvalue weighted by atomic mass is 10.0. The van der Waals surface area contributed by atoms with Gasteiger partial charge in [0, 0.05) is 38.7 Å². The van der Waals surface area contributed by atoms with Gasteiger partial charge in [0.2, 0.25) is 11.8 Å². The van der Waals surface area contributed by atoms with Crippen molar-refractivity contribution in [3.05, 3.63) is 41.6 Å². The van der Waals surface area contributed by atoms with E-state index in [-0.39, 0.29) is 11.8 Å². The van der Waals surface area contributed by atoms with Crippen LogP contribution in [-0.2, 0) is 22.6 Å². The monoisotopic (exact) mass is 383 g/mol. The molecule has 0 fully saturated rings. The van der Waals surface area contributed by atoms with E-state index in [1.54, 1.807) is 4.90 Å². The molecule has 8 nitrogen and oxygen atoms in total. The number of aliphatic hydroxyl groups is 1.